The maximum atomic E-state index is 13.1. The Hall–Kier alpha value is -2.20. The number of aliphatic hydroxyl groups is 1. The number of aliphatic hydroxyl groups excluding tert-OH is 1. The summed E-state index contributed by atoms with van der Waals surface area (Å²) in [6, 6.07) is 14.0. The average Bonchev–Trinajstić information content (AvgIpc) is 2.64. The Morgan fingerprint density at radius 3 is 2.48 bits per heavy atom. The molecule has 3 rings (SSSR count). The Morgan fingerprint density at radius 2 is 1.80 bits per heavy atom. The highest BCUT2D eigenvalue weighted by Crippen LogP contribution is 2.27. The first kappa shape index (κ1) is 17.6. The lowest BCUT2D eigenvalue weighted by Gasteiger charge is -2.31. The molecular formula is C21H26N2O2. The van der Waals surface area contributed by atoms with Crippen molar-refractivity contribution in [3.63, 3.8) is 0 Å². The number of hydrogen-bond acceptors (Lipinski definition) is 3. The van der Waals surface area contributed by atoms with E-state index in [4.69, 9.17) is 0 Å². The molecule has 1 fully saturated rings. The minimum Gasteiger partial charge on any atom is -0.393 e. The highest BCUT2D eigenvalue weighted by molar-refractivity contribution is 5.79. The summed E-state index contributed by atoms with van der Waals surface area (Å²) in [6.07, 6.45) is 4.52. The monoisotopic (exact) mass is 338 g/mol. The number of pyridine rings is 1. The second kappa shape index (κ2) is 8.26. The van der Waals surface area contributed by atoms with Crippen molar-refractivity contribution in [3.8, 4) is 0 Å². The number of carbonyl (C=O) groups is 1. The Labute approximate surface area is 149 Å². The molecule has 1 aromatic carbocycles. The minimum absolute atomic E-state index is 0.0103. The van der Waals surface area contributed by atoms with E-state index in [1.54, 1.807) is 6.20 Å². The van der Waals surface area contributed by atoms with Crippen LogP contribution in [0.5, 0.6) is 0 Å². The van der Waals surface area contributed by atoms with Crippen LogP contribution in [-0.4, -0.2) is 27.0 Å². The van der Waals surface area contributed by atoms with Gasteiger partial charge in [-0.25, -0.2) is 0 Å². The molecule has 1 aliphatic carbocycles. The van der Waals surface area contributed by atoms with Crippen LogP contribution in [0.4, 0.5) is 0 Å². The molecule has 2 aromatic rings. The number of benzene rings is 1. The summed E-state index contributed by atoms with van der Waals surface area (Å²) in [5.41, 5.74) is 3.18. The van der Waals surface area contributed by atoms with Crippen LogP contribution in [0.3, 0.4) is 0 Å². The van der Waals surface area contributed by atoms with Gasteiger partial charge in [-0.05, 0) is 49.8 Å². The zero-order chi connectivity index (χ0) is 17.6. The lowest BCUT2D eigenvalue weighted by atomic mass is 9.86. The van der Waals surface area contributed by atoms with Crippen molar-refractivity contribution in [2.75, 3.05) is 0 Å². The molecule has 4 nitrogen and oxygen atoms in total. The summed E-state index contributed by atoms with van der Waals surface area (Å²) in [6.45, 7) is 3.15. The van der Waals surface area contributed by atoms with Crippen molar-refractivity contribution in [2.24, 2.45) is 5.92 Å². The van der Waals surface area contributed by atoms with Gasteiger partial charge in [0.2, 0.25) is 5.91 Å². The van der Waals surface area contributed by atoms with Crippen LogP contribution in [-0.2, 0) is 17.9 Å². The van der Waals surface area contributed by atoms with E-state index in [2.05, 4.69) is 17.1 Å². The van der Waals surface area contributed by atoms with E-state index in [-0.39, 0.29) is 17.9 Å². The number of rotatable bonds is 5. The molecule has 0 aliphatic heterocycles. The van der Waals surface area contributed by atoms with Gasteiger partial charge in [0.05, 0.1) is 18.3 Å². The van der Waals surface area contributed by atoms with Gasteiger partial charge in [-0.3, -0.25) is 9.78 Å². The first-order chi connectivity index (χ1) is 12.1. The summed E-state index contributed by atoms with van der Waals surface area (Å²) in [5.74, 6) is 0.192. The van der Waals surface area contributed by atoms with E-state index in [1.165, 1.54) is 0 Å². The van der Waals surface area contributed by atoms with Gasteiger partial charge in [-0.2, -0.15) is 0 Å². The predicted molar refractivity (Wildman–Crippen MR) is 97.6 cm³/mol. The largest absolute Gasteiger partial charge is 0.393 e. The molecule has 0 atom stereocenters. The van der Waals surface area contributed by atoms with E-state index >= 15 is 0 Å². The normalized spacial score (nSPS) is 20.2. The molecule has 0 saturated heterocycles. The highest BCUT2D eigenvalue weighted by atomic mass is 16.3. The quantitative estimate of drug-likeness (QED) is 0.908. The van der Waals surface area contributed by atoms with Crippen LogP contribution in [0.25, 0.3) is 0 Å². The van der Waals surface area contributed by atoms with Gasteiger partial charge in [0, 0.05) is 18.7 Å². The topological polar surface area (TPSA) is 53.4 Å². The standard InChI is InChI=1S/C21H26N2O2/c1-16-6-5-13-22-20(16)15-23(14-17-7-3-2-4-8-17)21(25)18-9-11-19(24)12-10-18/h2-8,13,18-19,24H,9-12,14-15H2,1H3. The summed E-state index contributed by atoms with van der Waals surface area (Å²) < 4.78 is 0. The van der Waals surface area contributed by atoms with Gasteiger partial charge in [-0.1, -0.05) is 36.4 Å². The number of hydrogen-bond donors (Lipinski definition) is 1. The smallest absolute Gasteiger partial charge is 0.226 e. The van der Waals surface area contributed by atoms with Gasteiger partial charge >= 0.3 is 0 Å². The molecule has 0 unspecified atom stereocenters. The van der Waals surface area contributed by atoms with Gasteiger partial charge in [-0.15, -0.1) is 0 Å². The molecular weight excluding hydrogens is 312 g/mol. The van der Waals surface area contributed by atoms with E-state index < -0.39 is 0 Å². The molecule has 1 saturated carbocycles. The van der Waals surface area contributed by atoms with Crippen LogP contribution >= 0.6 is 0 Å². The summed E-state index contributed by atoms with van der Waals surface area (Å²) in [5, 5.41) is 9.72. The number of carbonyl (C=O) groups excluding carboxylic acids is 1. The summed E-state index contributed by atoms with van der Waals surface area (Å²) in [4.78, 5) is 19.5. The first-order valence-electron chi connectivity index (χ1n) is 9.04. The fourth-order valence-corrected chi connectivity index (χ4v) is 3.46. The molecule has 0 radical (unpaired) electrons. The Balaban J connectivity index is 1.78. The predicted octanol–water partition coefficient (Wildman–Crippen LogP) is 3.47. The molecule has 1 aliphatic rings. The second-order valence-electron chi connectivity index (χ2n) is 6.95. The van der Waals surface area contributed by atoms with Crippen LogP contribution in [0.1, 0.15) is 42.5 Å². The van der Waals surface area contributed by atoms with Gasteiger partial charge in [0.15, 0.2) is 0 Å². The van der Waals surface area contributed by atoms with Crippen molar-refractivity contribution in [1.29, 1.82) is 0 Å². The lowest BCUT2D eigenvalue weighted by molar-refractivity contribution is -0.138. The van der Waals surface area contributed by atoms with Crippen molar-refractivity contribution in [3.05, 3.63) is 65.5 Å². The third-order valence-electron chi connectivity index (χ3n) is 5.03. The molecule has 1 aromatic heterocycles. The third-order valence-corrected chi connectivity index (χ3v) is 5.03. The number of aryl methyl sites for hydroxylation is 1. The van der Waals surface area contributed by atoms with Gasteiger partial charge < -0.3 is 10.0 Å². The van der Waals surface area contributed by atoms with Gasteiger partial charge in [0.1, 0.15) is 0 Å². The van der Waals surface area contributed by atoms with Crippen LogP contribution in [0.15, 0.2) is 48.7 Å². The number of nitrogens with zero attached hydrogens (tertiary/aromatic N) is 2. The average molecular weight is 338 g/mol. The van der Waals surface area contributed by atoms with Crippen LogP contribution in [0.2, 0.25) is 0 Å². The second-order valence-corrected chi connectivity index (χ2v) is 6.95. The maximum Gasteiger partial charge on any atom is 0.226 e. The van der Waals surface area contributed by atoms with Crippen molar-refractivity contribution < 1.29 is 9.90 Å². The van der Waals surface area contributed by atoms with Crippen molar-refractivity contribution >= 4 is 5.91 Å². The molecule has 25 heavy (non-hydrogen) atoms. The number of aromatic nitrogens is 1. The van der Waals surface area contributed by atoms with E-state index in [9.17, 15) is 9.90 Å². The van der Waals surface area contributed by atoms with Crippen LogP contribution in [0, 0.1) is 12.8 Å². The Bertz CT molecular complexity index is 694. The molecule has 1 heterocycles. The lowest BCUT2D eigenvalue weighted by Crippen LogP contribution is -2.38. The number of amides is 1. The van der Waals surface area contributed by atoms with Crippen molar-refractivity contribution in [1.82, 2.24) is 9.88 Å². The Kier molecular flexibility index (Phi) is 5.82. The fraction of sp³-hybridized carbons (Fsp3) is 0.429. The zero-order valence-corrected chi connectivity index (χ0v) is 14.8. The molecule has 0 spiro atoms. The molecule has 132 valence electrons. The molecule has 1 N–H and O–H groups in total. The Morgan fingerprint density at radius 1 is 1.08 bits per heavy atom. The van der Waals surface area contributed by atoms with E-state index in [0.29, 0.717) is 13.1 Å². The molecule has 4 heteroatoms. The molecule has 1 amide bonds. The summed E-state index contributed by atoms with van der Waals surface area (Å²) in [7, 11) is 0. The highest BCUT2D eigenvalue weighted by Gasteiger charge is 2.29. The summed E-state index contributed by atoms with van der Waals surface area (Å²) >= 11 is 0. The molecule has 0 bridgehead atoms. The van der Waals surface area contributed by atoms with Gasteiger partial charge in [0.25, 0.3) is 0 Å². The third kappa shape index (κ3) is 4.67. The fourth-order valence-electron chi connectivity index (χ4n) is 3.46. The zero-order valence-electron chi connectivity index (χ0n) is 14.8. The van der Waals surface area contributed by atoms with E-state index in [1.807, 2.05) is 42.2 Å². The maximum absolute atomic E-state index is 13.1. The minimum atomic E-state index is -0.246. The SMILES string of the molecule is Cc1cccnc1CN(Cc1ccccc1)C(=O)C1CCC(O)CC1. The van der Waals surface area contributed by atoms with Crippen LogP contribution < -0.4 is 0 Å². The van der Waals surface area contributed by atoms with E-state index in [0.717, 1.165) is 42.5 Å². The first-order valence-corrected chi connectivity index (χ1v) is 9.04. The van der Waals surface area contributed by atoms with Crippen molar-refractivity contribution in [2.45, 2.75) is 51.8 Å².